The van der Waals surface area contributed by atoms with Gasteiger partial charge in [-0.05, 0) is 53.7 Å². The number of nitrogens with one attached hydrogen (secondary N) is 1. The first-order valence-corrected chi connectivity index (χ1v) is 5.95. The lowest BCUT2D eigenvalue weighted by molar-refractivity contribution is 0.218. The molecule has 78 valence electrons. The number of hydrogen-bond donors (Lipinski definition) is 1. The lowest BCUT2D eigenvalue weighted by Gasteiger charge is -2.35. The maximum Gasteiger partial charge on any atom is 0.169 e. The molecule has 2 nitrogen and oxygen atoms in total. The first-order chi connectivity index (χ1) is 6.65. The zero-order chi connectivity index (χ0) is 10.1. The topological polar surface area (TPSA) is 25.2 Å². The van der Waals surface area contributed by atoms with E-state index in [1.807, 2.05) is 12.1 Å². The molecule has 1 atom stereocenters. The van der Waals surface area contributed by atoms with Crippen LogP contribution >= 0.6 is 15.9 Å². The summed E-state index contributed by atoms with van der Waals surface area (Å²) in [4.78, 5) is 0. The molecule has 0 spiro atoms. The molecule has 1 aromatic rings. The third kappa shape index (κ3) is 2.20. The molecule has 3 heteroatoms. The highest BCUT2D eigenvalue weighted by Crippen LogP contribution is 2.29. The highest BCUT2D eigenvalue weighted by Gasteiger charge is 2.27. The van der Waals surface area contributed by atoms with Crippen molar-refractivity contribution in [1.82, 2.24) is 5.32 Å². The van der Waals surface area contributed by atoms with E-state index < -0.39 is 0 Å². The Bertz CT molecular complexity index is 304. The third-order valence-electron chi connectivity index (χ3n) is 2.88. The monoisotopic (exact) mass is 257 g/mol. The molecule has 14 heavy (non-hydrogen) atoms. The molecule has 0 bridgehead atoms. The van der Waals surface area contributed by atoms with Crippen LogP contribution in [0.4, 0.5) is 0 Å². The lowest BCUT2D eigenvalue weighted by atomic mass is 9.81. The van der Waals surface area contributed by atoms with Crippen molar-refractivity contribution in [3.63, 3.8) is 0 Å². The van der Waals surface area contributed by atoms with Gasteiger partial charge in [0.2, 0.25) is 0 Å². The van der Waals surface area contributed by atoms with Crippen molar-refractivity contribution in [2.75, 3.05) is 0 Å². The standard InChI is InChI=1S/C11H16BrNO/c1-7-5-9(6-7)13-8(2)10-3-4-11(12)14-10/h3-4,7-9,13H,5-6H2,1-2H3. The van der Waals surface area contributed by atoms with Gasteiger partial charge in [0.25, 0.3) is 0 Å². The van der Waals surface area contributed by atoms with Crippen LogP contribution < -0.4 is 5.32 Å². The predicted octanol–water partition coefficient (Wildman–Crippen LogP) is 3.49. The van der Waals surface area contributed by atoms with Crippen molar-refractivity contribution < 1.29 is 4.42 Å². The first-order valence-electron chi connectivity index (χ1n) is 5.16. The molecule has 1 aliphatic rings. The largest absolute Gasteiger partial charge is 0.453 e. The molecular weight excluding hydrogens is 242 g/mol. The summed E-state index contributed by atoms with van der Waals surface area (Å²) in [5.74, 6) is 1.90. The fraction of sp³-hybridized carbons (Fsp3) is 0.636. The van der Waals surface area contributed by atoms with Crippen LogP contribution in [0.2, 0.25) is 0 Å². The predicted molar refractivity (Wildman–Crippen MR) is 60.1 cm³/mol. The summed E-state index contributed by atoms with van der Waals surface area (Å²) in [7, 11) is 0. The minimum absolute atomic E-state index is 0.318. The highest BCUT2D eigenvalue weighted by molar-refractivity contribution is 9.10. The van der Waals surface area contributed by atoms with Gasteiger partial charge in [-0.25, -0.2) is 0 Å². The van der Waals surface area contributed by atoms with Gasteiger partial charge >= 0.3 is 0 Å². The third-order valence-corrected chi connectivity index (χ3v) is 3.31. The molecule has 1 fully saturated rings. The van der Waals surface area contributed by atoms with Gasteiger partial charge in [-0.3, -0.25) is 0 Å². The molecular formula is C11H16BrNO. The molecule has 1 N–H and O–H groups in total. The maximum absolute atomic E-state index is 5.50. The average molecular weight is 258 g/mol. The van der Waals surface area contributed by atoms with Crippen molar-refractivity contribution in [2.45, 2.75) is 38.8 Å². The van der Waals surface area contributed by atoms with E-state index in [1.54, 1.807) is 0 Å². The van der Waals surface area contributed by atoms with Crippen LogP contribution in [0.1, 0.15) is 38.5 Å². The van der Waals surface area contributed by atoms with Gasteiger partial charge in [-0.2, -0.15) is 0 Å². The number of halogens is 1. The Morgan fingerprint density at radius 3 is 2.71 bits per heavy atom. The molecule has 1 heterocycles. The number of furan rings is 1. The van der Waals surface area contributed by atoms with E-state index in [0.717, 1.165) is 16.3 Å². The van der Waals surface area contributed by atoms with E-state index >= 15 is 0 Å². The lowest BCUT2D eigenvalue weighted by Crippen LogP contribution is -2.41. The van der Waals surface area contributed by atoms with E-state index in [-0.39, 0.29) is 0 Å². The SMILES string of the molecule is CC1CC(NC(C)c2ccc(Br)o2)C1. The molecule has 1 unspecified atom stereocenters. The number of rotatable bonds is 3. The van der Waals surface area contributed by atoms with E-state index in [4.69, 9.17) is 4.42 Å². The summed E-state index contributed by atoms with van der Waals surface area (Å²) < 4.78 is 6.30. The second-order valence-corrected chi connectivity index (χ2v) is 5.09. The summed E-state index contributed by atoms with van der Waals surface area (Å²) in [6, 6.07) is 4.96. The Hall–Kier alpha value is -0.280. The molecule has 0 aromatic carbocycles. The van der Waals surface area contributed by atoms with Gasteiger partial charge in [0.05, 0.1) is 6.04 Å². The summed E-state index contributed by atoms with van der Waals surface area (Å²) in [6.07, 6.45) is 2.60. The van der Waals surface area contributed by atoms with E-state index in [9.17, 15) is 0 Å². The van der Waals surface area contributed by atoms with Crippen molar-refractivity contribution in [1.29, 1.82) is 0 Å². The molecule has 0 aliphatic heterocycles. The van der Waals surface area contributed by atoms with Crippen LogP contribution in [0.15, 0.2) is 21.2 Å². The Kier molecular flexibility index (Phi) is 2.98. The van der Waals surface area contributed by atoms with Gasteiger partial charge in [-0.1, -0.05) is 6.92 Å². The van der Waals surface area contributed by atoms with Crippen molar-refractivity contribution in [3.05, 3.63) is 22.6 Å². The van der Waals surface area contributed by atoms with E-state index in [1.165, 1.54) is 12.8 Å². The fourth-order valence-electron chi connectivity index (χ4n) is 2.04. The zero-order valence-electron chi connectivity index (χ0n) is 8.59. The normalized spacial score (nSPS) is 28.5. The minimum Gasteiger partial charge on any atom is -0.453 e. The Balaban J connectivity index is 1.86. The van der Waals surface area contributed by atoms with E-state index in [2.05, 4.69) is 35.1 Å². The molecule has 0 amide bonds. The smallest absolute Gasteiger partial charge is 0.169 e. The van der Waals surface area contributed by atoms with Crippen molar-refractivity contribution in [3.8, 4) is 0 Å². The second-order valence-electron chi connectivity index (χ2n) is 4.30. The van der Waals surface area contributed by atoms with Gasteiger partial charge in [0, 0.05) is 6.04 Å². The first kappa shape index (κ1) is 10.2. The minimum atomic E-state index is 0.318. The summed E-state index contributed by atoms with van der Waals surface area (Å²) in [6.45, 7) is 4.45. The molecule has 1 aromatic heterocycles. The molecule has 2 rings (SSSR count). The molecule has 1 saturated carbocycles. The average Bonchev–Trinajstić information content (AvgIpc) is 2.49. The number of hydrogen-bond acceptors (Lipinski definition) is 2. The van der Waals surface area contributed by atoms with Crippen LogP contribution in [-0.2, 0) is 0 Å². The highest BCUT2D eigenvalue weighted by atomic mass is 79.9. The molecule has 0 saturated heterocycles. The van der Waals surface area contributed by atoms with Crippen LogP contribution in [0, 0.1) is 5.92 Å². The van der Waals surface area contributed by atoms with Crippen LogP contribution in [0.25, 0.3) is 0 Å². The zero-order valence-corrected chi connectivity index (χ0v) is 10.2. The van der Waals surface area contributed by atoms with Crippen LogP contribution in [-0.4, -0.2) is 6.04 Å². The van der Waals surface area contributed by atoms with Crippen molar-refractivity contribution in [2.24, 2.45) is 5.92 Å². The Morgan fingerprint density at radius 1 is 1.50 bits per heavy atom. The van der Waals surface area contributed by atoms with Crippen LogP contribution in [0.5, 0.6) is 0 Å². The maximum atomic E-state index is 5.50. The van der Waals surface area contributed by atoms with E-state index in [0.29, 0.717) is 12.1 Å². The Labute approximate surface area is 93.2 Å². The molecule has 0 radical (unpaired) electrons. The fourth-order valence-corrected chi connectivity index (χ4v) is 2.35. The van der Waals surface area contributed by atoms with Crippen LogP contribution in [0.3, 0.4) is 0 Å². The summed E-state index contributed by atoms with van der Waals surface area (Å²) in [5, 5.41) is 3.56. The summed E-state index contributed by atoms with van der Waals surface area (Å²) >= 11 is 3.31. The van der Waals surface area contributed by atoms with Gasteiger partial charge in [-0.15, -0.1) is 0 Å². The Morgan fingerprint density at radius 2 is 2.21 bits per heavy atom. The molecule has 1 aliphatic carbocycles. The van der Waals surface area contributed by atoms with Gasteiger partial charge < -0.3 is 9.73 Å². The second kappa shape index (κ2) is 4.07. The van der Waals surface area contributed by atoms with Gasteiger partial charge in [0.1, 0.15) is 5.76 Å². The quantitative estimate of drug-likeness (QED) is 0.897. The van der Waals surface area contributed by atoms with Crippen molar-refractivity contribution >= 4 is 15.9 Å². The van der Waals surface area contributed by atoms with Gasteiger partial charge in [0.15, 0.2) is 4.67 Å². The summed E-state index contributed by atoms with van der Waals surface area (Å²) in [5.41, 5.74) is 0.